The maximum atomic E-state index is 11.0. The van der Waals surface area contributed by atoms with Gasteiger partial charge in [0.1, 0.15) is 10.6 Å². The zero-order valence-electron chi connectivity index (χ0n) is 10.2. The molecule has 0 aliphatic heterocycles. The molecule has 0 radical (unpaired) electrons. The lowest BCUT2D eigenvalue weighted by molar-refractivity contribution is -0.143. The lowest BCUT2D eigenvalue weighted by Gasteiger charge is -2.22. The summed E-state index contributed by atoms with van der Waals surface area (Å²) in [7, 11) is 0. The molecule has 1 rings (SSSR count). The van der Waals surface area contributed by atoms with E-state index in [1.807, 2.05) is 12.1 Å². The topological polar surface area (TPSA) is 76.2 Å². The van der Waals surface area contributed by atoms with Crippen LogP contribution in [0.4, 0.5) is 0 Å². The molecule has 1 aromatic rings. The van der Waals surface area contributed by atoms with Crippen molar-refractivity contribution < 1.29 is 9.90 Å². The van der Waals surface area contributed by atoms with Crippen LogP contribution in [0.25, 0.3) is 0 Å². The molecule has 0 aliphatic carbocycles. The summed E-state index contributed by atoms with van der Waals surface area (Å²) in [6.07, 6.45) is 3.42. The van der Waals surface area contributed by atoms with Crippen LogP contribution in [0, 0.1) is 0 Å². The predicted molar refractivity (Wildman–Crippen MR) is 76.7 cm³/mol. The highest BCUT2D eigenvalue weighted by Crippen LogP contribution is 2.26. The lowest BCUT2D eigenvalue weighted by Crippen LogP contribution is -2.47. The van der Waals surface area contributed by atoms with E-state index in [0.717, 1.165) is 21.7 Å². The zero-order chi connectivity index (χ0) is 13.6. The molecule has 0 aromatic carbocycles. The van der Waals surface area contributed by atoms with Crippen molar-refractivity contribution in [2.75, 3.05) is 5.75 Å². The molecule has 3 N–H and O–H groups in total. The Bertz CT molecular complexity index is 417. The molecule has 0 spiro atoms. The summed E-state index contributed by atoms with van der Waals surface area (Å²) < 4.78 is 0.961. The van der Waals surface area contributed by atoms with Crippen LogP contribution in [0.15, 0.2) is 27.8 Å². The highest BCUT2D eigenvalue weighted by atomic mass is 79.9. The number of aliphatic carboxylic acids is 1. The van der Waals surface area contributed by atoms with Crippen LogP contribution in [0.5, 0.6) is 0 Å². The number of hydrogen-bond acceptors (Lipinski definition) is 4. The van der Waals surface area contributed by atoms with E-state index in [-0.39, 0.29) is 0 Å². The van der Waals surface area contributed by atoms with Crippen molar-refractivity contribution in [1.29, 1.82) is 0 Å². The van der Waals surface area contributed by atoms with Gasteiger partial charge in [0.2, 0.25) is 0 Å². The molecule has 1 aromatic heterocycles. The fourth-order valence-corrected chi connectivity index (χ4v) is 2.89. The predicted octanol–water partition coefficient (Wildman–Crippen LogP) is 2.91. The molecule has 6 heteroatoms. The van der Waals surface area contributed by atoms with Crippen LogP contribution in [-0.2, 0) is 4.79 Å². The van der Waals surface area contributed by atoms with Crippen LogP contribution >= 0.6 is 27.7 Å². The molecule has 0 fully saturated rings. The number of hydrogen-bond donors (Lipinski definition) is 2. The van der Waals surface area contributed by atoms with E-state index in [1.54, 1.807) is 24.9 Å². The summed E-state index contributed by atoms with van der Waals surface area (Å²) in [4.78, 5) is 15.3. The summed E-state index contributed by atoms with van der Waals surface area (Å²) in [5.74, 6) is -0.115. The summed E-state index contributed by atoms with van der Waals surface area (Å²) in [6, 6.07) is 3.80. The van der Waals surface area contributed by atoms with Crippen molar-refractivity contribution >= 4 is 33.7 Å². The van der Waals surface area contributed by atoms with Crippen molar-refractivity contribution in [3.63, 3.8) is 0 Å². The van der Waals surface area contributed by atoms with Gasteiger partial charge in [-0.05, 0) is 53.1 Å². The Labute approximate surface area is 119 Å². The van der Waals surface area contributed by atoms with Gasteiger partial charge in [-0.15, -0.1) is 11.8 Å². The molecule has 0 bridgehead atoms. The van der Waals surface area contributed by atoms with E-state index in [2.05, 4.69) is 20.9 Å². The Morgan fingerprint density at radius 3 is 2.94 bits per heavy atom. The lowest BCUT2D eigenvalue weighted by atomic mass is 9.92. The second-order valence-electron chi connectivity index (χ2n) is 4.06. The highest BCUT2D eigenvalue weighted by Gasteiger charge is 2.30. The number of pyridine rings is 1. The summed E-state index contributed by atoms with van der Waals surface area (Å²) in [5, 5.41) is 9.96. The van der Waals surface area contributed by atoms with Crippen LogP contribution in [0.2, 0.25) is 0 Å². The van der Waals surface area contributed by atoms with Gasteiger partial charge in [-0.25, -0.2) is 4.98 Å². The summed E-state index contributed by atoms with van der Waals surface area (Å²) in [6.45, 7) is 1.80. The maximum Gasteiger partial charge on any atom is 0.323 e. The minimum atomic E-state index is -1.10. The van der Waals surface area contributed by atoms with Crippen molar-refractivity contribution in [3.8, 4) is 0 Å². The van der Waals surface area contributed by atoms with Crippen LogP contribution in [-0.4, -0.2) is 27.4 Å². The quantitative estimate of drug-likeness (QED) is 0.593. The Balaban J connectivity index is 2.39. The third-order valence-corrected chi connectivity index (χ3v) is 4.78. The first-order valence-corrected chi connectivity index (χ1v) is 7.53. The average molecular weight is 333 g/mol. The smallest absolute Gasteiger partial charge is 0.323 e. The normalized spacial score (nSPS) is 14.2. The van der Waals surface area contributed by atoms with Gasteiger partial charge in [-0.3, -0.25) is 4.79 Å². The first-order valence-electron chi connectivity index (χ1n) is 5.75. The average Bonchev–Trinajstić information content (AvgIpc) is 2.36. The largest absolute Gasteiger partial charge is 0.480 e. The van der Waals surface area contributed by atoms with Gasteiger partial charge in [0.05, 0.1) is 0 Å². The van der Waals surface area contributed by atoms with Crippen LogP contribution in [0.3, 0.4) is 0 Å². The number of carboxylic acids is 1. The third-order valence-electron chi connectivity index (χ3n) is 2.79. The fraction of sp³-hybridized carbons (Fsp3) is 0.500. The molecule has 1 unspecified atom stereocenters. The number of nitrogens with two attached hydrogens (primary N) is 1. The van der Waals surface area contributed by atoms with Gasteiger partial charge >= 0.3 is 5.97 Å². The van der Waals surface area contributed by atoms with E-state index in [4.69, 9.17) is 10.8 Å². The van der Waals surface area contributed by atoms with E-state index in [9.17, 15) is 4.79 Å². The monoisotopic (exact) mass is 332 g/mol. The maximum absolute atomic E-state index is 11.0. The van der Waals surface area contributed by atoms with Crippen molar-refractivity contribution in [2.24, 2.45) is 5.73 Å². The molecule has 0 saturated carbocycles. The minimum Gasteiger partial charge on any atom is -0.480 e. The van der Waals surface area contributed by atoms with Crippen LogP contribution in [0.1, 0.15) is 26.2 Å². The molecule has 1 heterocycles. The van der Waals surface area contributed by atoms with Gasteiger partial charge in [0, 0.05) is 10.7 Å². The van der Waals surface area contributed by atoms with Gasteiger partial charge in [0.25, 0.3) is 0 Å². The first-order chi connectivity index (χ1) is 8.49. The molecule has 4 nitrogen and oxygen atoms in total. The summed E-state index contributed by atoms with van der Waals surface area (Å²) >= 11 is 5.03. The summed E-state index contributed by atoms with van der Waals surface area (Å²) in [5.41, 5.74) is 4.72. The zero-order valence-corrected chi connectivity index (χ0v) is 12.6. The number of carbonyl (C=O) groups is 1. The molecular weight excluding hydrogens is 316 g/mol. The second-order valence-corrected chi connectivity index (χ2v) is 6.00. The Morgan fingerprint density at radius 1 is 1.67 bits per heavy atom. The molecule has 18 heavy (non-hydrogen) atoms. The molecule has 1 atom stereocenters. The number of rotatable bonds is 7. The van der Waals surface area contributed by atoms with Crippen molar-refractivity contribution in [3.05, 3.63) is 22.8 Å². The number of aromatic nitrogens is 1. The van der Waals surface area contributed by atoms with E-state index in [1.165, 1.54) is 0 Å². The van der Waals surface area contributed by atoms with Gasteiger partial charge in [0.15, 0.2) is 0 Å². The Hall–Kier alpha value is -0.590. The van der Waals surface area contributed by atoms with Crippen LogP contribution < -0.4 is 5.73 Å². The van der Waals surface area contributed by atoms with E-state index >= 15 is 0 Å². The Kier molecular flexibility index (Phi) is 6.11. The molecule has 100 valence electrons. The SMILES string of the molecule is CCC(N)(CCCSc1ncccc1Br)C(=O)O. The van der Waals surface area contributed by atoms with Crippen molar-refractivity contribution in [1.82, 2.24) is 4.98 Å². The van der Waals surface area contributed by atoms with Gasteiger partial charge in [-0.2, -0.15) is 0 Å². The minimum absolute atomic E-state index is 0.445. The van der Waals surface area contributed by atoms with E-state index < -0.39 is 11.5 Å². The third kappa shape index (κ3) is 4.26. The number of nitrogens with zero attached hydrogens (tertiary/aromatic N) is 1. The second kappa shape index (κ2) is 7.11. The first kappa shape index (κ1) is 15.5. The number of carboxylic acid groups (broad SMARTS) is 1. The molecule has 0 amide bonds. The number of thioether (sulfide) groups is 1. The number of halogens is 1. The van der Waals surface area contributed by atoms with Crippen molar-refractivity contribution in [2.45, 2.75) is 36.8 Å². The van der Waals surface area contributed by atoms with Gasteiger partial charge in [-0.1, -0.05) is 6.92 Å². The van der Waals surface area contributed by atoms with Gasteiger partial charge < -0.3 is 10.8 Å². The Morgan fingerprint density at radius 2 is 2.39 bits per heavy atom. The molecular formula is C12H17BrN2O2S. The van der Waals surface area contributed by atoms with E-state index in [0.29, 0.717) is 12.8 Å². The fourth-order valence-electron chi connectivity index (χ4n) is 1.47. The molecule has 0 aliphatic rings. The highest BCUT2D eigenvalue weighted by molar-refractivity contribution is 9.10. The standard InChI is InChI=1S/C12H17BrN2O2S/c1-2-12(14,11(16)17)6-4-8-18-10-9(13)5-3-7-15-10/h3,5,7H,2,4,6,8,14H2,1H3,(H,16,17). The molecule has 0 saturated heterocycles.